The van der Waals surface area contributed by atoms with E-state index in [9.17, 15) is 9.59 Å². The van der Waals surface area contributed by atoms with E-state index in [1.807, 2.05) is 6.07 Å². The molecule has 3 amide bonds. The fourth-order valence-electron chi connectivity index (χ4n) is 4.53. The number of primary amides is 1. The van der Waals surface area contributed by atoms with E-state index in [0.717, 1.165) is 38.9 Å². The molecule has 2 fully saturated rings. The quantitative estimate of drug-likeness (QED) is 0.801. The number of piperidine rings is 1. The predicted molar refractivity (Wildman–Crippen MR) is 118 cm³/mol. The number of hydrogen-bond donors (Lipinski definition) is 2. The number of benzene rings is 2. The van der Waals surface area contributed by atoms with Crippen LogP contribution in [0.25, 0.3) is 11.1 Å². The molecule has 6 heteroatoms. The monoisotopic (exact) mass is 406 g/mol. The van der Waals surface area contributed by atoms with Gasteiger partial charge < -0.3 is 16.0 Å². The van der Waals surface area contributed by atoms with Gasteiger partial charge in [0.05, 0.1) is 0 Å². The lowest BCUT2D eigenvalue weighted by Crippen LogP contribution is -2.52. The van der Waals surface area contributed by atoms with Crippen LogP contribution in [-0.4, -0.2) is 53.5 Å². The van der Waals surface area contributed by atoms with Gasteiger partial charge in [-0.1, -0.05) is 54.6 Å². The summed E-state index contributed by atoms with van der Waals surface area (Å²) in [5, 5.41) is 3.14. The summed E-state index contributed by atoms with van der Waals surface area (Å²) in [4.78, 5) is 28.0. The molecule has 4 rings (SSSR count). The zero-order valence-corrected chi connectivity index (χ0v) is 17.3. The summed E-state index contributed by atoms with van der Waals surface area (Å²) in [7, 11) is 0. The Labute approximate surface area is 178 Å². The molecule has 158 valence electrons. The van der Waals surface area contributed by atoms with Crippen LogP contribution in [0.15, 0.2) is 54.6 Å². The van der Waals surface area contributed by atoms with Crippen molar-refractivity contribution in [2.24, 2.45) is 5.73 Å². The number of nitrogens with zero attached hydrogens (tertiary/aromatic N) is 2. The Bertz CT molecular complexity index is 861. The van der Waals surface area contributed by atoms with E-state index in [2.05, 4.69) is 58.7 Å². The van der Waals surface area contributed by atoms with Gasteiger partial charge in [0.2, 0.25) is 5.91 Å². The fraction of sp³-hybridized carbons (Fsp3) is 0.417. The first-order chi connectivity index (χ1) is 14.6. The Morgan fingerprint density at radius 3 is 2.23 bits per heavy atom. The molecule has 0 unspecified atom stereocenters. The fourth-order valence-corrected chi connectivity index (χ4v) is 4.53. The van der Waals surface area contributed by atoms with Crippen molar-refractivity contribution >= 4 is 11.9 Å². The summed E-state index contributed by atoms with van der Waals surface area (Å²) < 4.78 is 0. The maximum atomic E-state index is 12.6. The van der Waals surface area contributed by atoms with Crippen molar-refractivity contribution in [2.75, 3.05) is 19.6 Å². The van der Waals surface area contributed by atoms with Gasteiger partial charge in [-0.2, -0.15) is 0 Å². The molecule has 2 saturated heterocycles. The largest absolute Gasteiger partial charge is 0.351 e. The van der Waals surface area contributed by atoms with Gasteiger partial charge in [0.25, 0.3) is 0 Å². The molecule has 2 aliphatic rings. The highest BCUT2D eigenvalue weighted by atomic mass is 16.2. The zero-order chi connectivity index (χ0) is 20.9. The minimum atomic E-state index is -0.499. The molecule has 2 heterocycles. The Kier molecular flexibility index (Phi) is 6.33. The lowest BCUT2D eigenvalue weighted by Gasteiger charge is -2.33. The van der Waals surface area contributed by atoms with Crippen LogP contribution in [0.5, 0.6) is 0 Å². The number of carbonyl (C=O) groups is 2. The molecule has 30 heavy (non-hydrogen) atoms. The molecule has 2 aromatic rings. The lowest BCUT2D eigenvalue weighted by atomic mass is 10.0. The summed E-state index contributed by atoms with van der Waals surface area (Å²) in [5.41, 5.74) is 9.17. The molecular formula is C24H30N4O2. The van der Waals surface area contributed by atoms with Crippen LogP contribution in [0.3, 0.4) is 0 Å². The first kappa shape index (κ1) is 20.4. The van der Waals surface area contributed by atoms with Crippen molar-refractivity contribution in [3.05, 3.63) is 60.2 Å². The Hall–Kier alpha value is -2.86. The number of nitrogens with two attached hydrogens (primary N) is 1. The molecule has 3 N–H and O–H groups in total. The van der Waals surface area contributed by atoms with Crippen molar-refractivity contribution in [3.8, 4) is 11.1 Å². The molecule has 0 aromatic heterocycles. The lowest BCUT2D eigenvalue weighted by molar-refractivity contribution is -0.125. The number of urea groups is 1. The molecule has 2 aliphatic heterocycles. The summed E-state index contributed by atoms with van der Waals surface area (Å²) in [6, 6.07) is 18.5. The average Bonchev–Trinajstić information content (AvgIpc) is 3.27. The molecule has 1 atom stereocenters. The van der Waals surface area contributed by atoms with Gasteiger partial charge in [-0.05, 0) is 42.4 Å². The molecule has 0 aliphatic carbocycles. The summed E-state index contributed by atoms with van der Waals surface area (Å²) in [5.74, 6) is -0.0544. The van der Waals surface area contributed by atoms with Crippen molar-refractivity contribution in [2.45, 2.75) is 44.3 Å². The normalized spacial score (nSPS) is 20.3. The van der Waals surface area contributed by atoms with Gasteiger partial charge in [0.15, 0.2) is 0 Å². The number of hydrogen-bond acceptors (Lipinski definition) is 3. The highest BCUT2D eigenvalue weighted by Gasteiger charge is 2.34. The second kappa shape index (κ2) is 9.30. The first-order valence-electron chi connectivity index (χ1n) is 10.8. The summed E-state index contributed by atoms with van der Waals surface area (Å²) >= 11 is 0. The van der Waals surface area contributed by atoms with E-state index in [-0.39, 0.29) is 11.9 Å². The summed E-state index contributed by atoms with van der Waals surface area (Å²) in [6.07, 6.45) is 3.39. The van der Waals surface area contributed by atoms with Crippen LogP contribution in [0.1, 0.15) is 31.2 Å². The summed E-state index contributed by atoms with van der Waals surface area (Å²) in [6.45, 7) is 3.41. The van der Waals surface area contributed by atoms with E-state index in [1.165, 1.54) is 21.6 Å². The number of amides is 3. The number of likely N-dealkylation sites (tertiary alicyclic amines) is 2. The number of rotatable bonds is 5. The highest BCUT2D eigenvalue weighted by molar-refractivity contribution is 5.87. The molecule has 0 bridgehead atoms. The Morgan fingerprint density at radius 1 is 0.900 bits per heavy atom. The van der Waals surface area contributed by atoms with E-state index >= 15 is 0 Å². The van der Waals surface area contributed by atoms with Gasteiger partial charge >= 0.3 is 6.03 Å². The van der Waals surface area contributed by atoms with Crippen LogP contribution in [0.4, 0.5) is 4.79 Å². The average molecular weight is 407 g/mol. The van der Waals surface area contributed by atoms with Crippen molar-refractivity contribution in [3.63, 3.8) is 0 Å². The third-order valence-corrected chi connectivity index (χ3v) is 6.24. The second-order valence-electron chi connectivity index (χ2n) is 8.31. The van der Waals surface area contributed by atoms with Gasteiger partial charge in [-0.3, -0.25) is 9.69 Å². The van der Waals surface area contributed by atoms with Gasteiger partial charge in [0, 0.05) is 32.2 Å². The van der Waals surface area contributed by atoms with Crippen molar-refractivity contribution in [1.82, 2.24) is 15.1 Å². The maximum Gasteiger partial charge on any atom is 0.315 e. The number of carbonyl (C=O) groups excluding carboxylic acids is 2. The van der Waals surface area contributed by atoms with Gasteiger partial charge in [-0.15, -0.1) is 0 Å². The Balaban J connectivity index is 1.25. The molecule has 0 saturated carbocycles. The SMILES string of the molecule is NC(=O)N1CCC[C@H]1C(=O)NC1CCN(Cc2ccc(-c3ccccc3)cc2)CC1. The highest BCUT2D eigenvalue weighted by Crippen LogP contribution is 2.21. The maximum absolute atomic E-state index is 12.6. The van der Waals surface area contributed by atoms with Crippen molar-refractivity contribution in [1.29, 1.82) is 0 Å². The van der Waals surface area contributed by atoms with Crippen LogP contribution in [0.2, 0.25) is 0 Å². The first-order valence-corrected chi connectivity index (χ1v) is 10.8. The third-order valence-electron chi connectivity index (χ3n) is 6.24. The molecule has 6 nitrogen and oxygen atoms in total. The van der Waals surface area contributed by atoms with Gasteiger partial charge in [0.1, 0.15) is 6.04 Å². The van der Waals surface area contributed by atoms with E-state index in [4.69, 9.17) is 5.73 Å². The topological polar surface area (TPSA) is 78.7 Å². The smallest absolute Gasteiger partial charge is 0.315 e. The van der Waals surface area contributed by atoms with Crippen LogP contribution in [0, 0.1) is 0 Å². The van der Waals surface area contributed by atoms with E-state index in [1.54, 1.807) is 0 Å². The Morgan fingerprint density at radius 2 is 1.57 bits per heavy atom. The van der Waals surface area contributed by atoms with Crippen LogP contribution >= 0.6 is 0 Å². The zero-order valence-electron chi connectivity index (χ0n) is 17.3. The predicted octanol–water partition coefficient (Wildman–Crippen LogP) is 2.98. The van der Waals surface area contributed by atoms with E-state index < -0.39 is 12.1 Å². The molecule has 0 spiro atoms. The van der Waals surface area contributed by atoms with Gasteiger partial charge in [-0.25, -0.2) is 4.79 Å². The minimum Gasteiger partial charge on any atom is -0.351 e. The van der Waals surface area contributed by atoms with E-state index in [0.29, 0.717) is 13.0 Å². The number of nitrogens with one attached hydrogen (secondary N) is 1. The minimum absolute atomic E-state index is 0.0544. The van der Waals surface area contributed by atoms with Crippen LogP contribution in [-0.2, 0) is 11.3 Å². The molecule has 2 aromatic carbocycles. The standard InChI is InChI=1S/C24H30N4O2/c25-24(30)28-14-4-7-22(28)23(29)26-21-12-15-27(16-13-21)17-18-8-10-20(11-9-18)19-5-2-1-3-6-19/h1-3,5-6,8-11,21-22H,4,7,12-17H2,(H2,25,30)(H,26,29)/t22-/m0/s1. The second-order valence-corrected chi connectivity index (χ2v) is 8.31. The van der Waals surface area contributed by atoms with Crippen LogP contribution < -0.4 is 11.1 Å². The molecular weight excluding hydrogens is 376 g/mol. The third kappa shape index (κ3) is 4.82. The molecule has 0 radical (unpaired) electrons. The van der Waals surface area contributed by atoms with Crippen molar-refractivity contribution < 1.29 is 9.59 Å².